The van der Waals surface area contributed by atoms with Crippen LogP contribution in [0, 0.1) is 6.92 Å². The van der Waals surface area contributed by atoms with Gasteiger partial charge >= 0.3 is 28.7 Å². The molecule has 1 rings (SSSR count). The van der Waals surface area contributed by atoms with Crippen molar-refractivity contribution in [2.24, 2.45) is 0 Å². The number of hydrogen-bond acceptors (Lipinski definition) is 6. The maximum Gasteiger partial charge on any atom is 2.00 e. The summed E-state index contributed by atoms with van der Waals surface area (Å²) < 4.78 is 0. The molecule has 0 unspecified atom stereocenters. The van der Waals surface area contributed by atoms with Gasteiger partial charge in [-0.2, -0.15) is 0 Å². The van der Waals surface area contributed by atoms with Gasteiger partial charge in [0, 0.05) is 29.5 Å². The summed E-state index contributed by atoms with van der Waals surface area (Å²) in [5.74, 6) is -5.37. The Hall–Kier alpha value is -2.00. The van der Waals surface area contributed by atoms with E-state index in [1.165, 1.54) is 0 Å². The predicted octanol–water partition coefficient (Wildman–Crippen LogP) is -2.06. The molecule has 122 valence electrons. The summed E-state index contributed by atoms with van der Waals surface area (Å²) in [6, 6.07) is 3.18. The molecule has 0 aliphatic carbocycles. The fraction of sp³-hybridized carbons (Fsp3) is 0.0833. The zero-order valence-electron chi connectivity index (χ0n) is 10.7. The van der Waals surface area contributed by atoms with E-state index in [-0.39, 0.29) is 50.5 Å². The van der Waals surface area contributed by atoms with E-state index < -0.39 is 30.3 Å². The molecule has 10 heteroatoms. The number of carboxylic acid groups (broad SMARTS) is 4. The van der Waals surface area contributed by atoms with Gasteiger partial charge in [-0.25, -0.2) is 9.59 Å². The Bertz CT molecular complexity index is 554. The number of carbonyl (C=O) groups excluding carboxylic acids is 2. The first-order valence-electron chi connectivity index (χ1n) is 4.97. The van der Waals surface area contributed by atoms with Crippen LogP contribution in [0.2, 0.25) is 0 Å². The minimum atomic E-state index is -1.47. The van der Waals surface area contributed by atoms with E-state index in [4.69, 9.17) is 20.1 Å². The second-order valence-electron chi connectivity index (χ2n) is 3.40. The zero-order chi connectivity index (χ0) is 15.9. The molecule has 22 heavy (non-hydrogen) atoms. The molecule has 0 aliphatic heterocycles. The van der Waals surface area contributed by atoms with Gasteiger partial charge in [0.05, 0.1) is 11.1 Å². The molecule has 0 saturated carbocycles. The van der Waals surface area contributed by atoms with Crippen LogP contribution in [-0.2, 0) is 49.9 Å². The molecule has 0 heterocycles. The van der Waals surface area contributed by atoms with Gasteiger partial charge in [-0.1, -0.05) is 0 Å². The summed E-state index contributed by atoms with van der Waals surface area (Å²) in [4.78, 5) is 40.5. The summed E-state index contributed by atoms with van der Waals surface area (Å²) in [5.41, 5.74) is -0.497. The van der Waals surface area contributed by atoms with Gasteiger partial charge in [-0.05, 0) is 23.8 Å². The van der Waals surface area contributed by atoms with Crippen LogP contribution >= 0.6 is 0 Å². The zero-order valence-corrected chi connectivity index (χ0v) is 12.9. The van der Waals surface area contributed by atoms with Crippen molar-refractivity contribution in [1.29, 1.82) is 0 Å². The summed E-state index contributed by atoms with van der Waals surface area (Å²) in [6.07, 6.45) is -0.636. The van der Waals surface area contributed by atoms with E-state index in [1.807, 2.05) is 0 Å². The average Bonchev–Trinajstić information content (AvgIpc) is 2.26. The Morgan fingerprint density at radius 2 is 1.50 bits per heavy atom. The number of rotatable bonds is 4. The minimum absolute atomic E-state index is 0. The Morgan fingerprint density at radius 1 is 1.05 bits per heavy atom. The molecule has 0 amide bonds. The standard InChI is InChI=1S/C10H8O6.C2H3O2.Co.Mn/c11-8(12)4-6-3-5(9(13)14)1-2-7(6)10(15)16;1-2(3)4;;/h1-3H,4H2,(H,11,12)(H,13,14)(H,15,16);1H2,(H,3,4);;/q;-1;+2;/p-2. The van der Waals surface area contributed by atoms with Crippen LogP contribution < -0.4 is 10.2 Å². The molecule has 0 bridgehead atoms. The van der Waals surface area contributed by atoms with E-state index in [0.29, 0.717) is 0 Å². The molecule has 0 aromatic heterocycles. The van der Waals surface area contributed by atoms with Crippen molar-refractivity contribution >= 4 is 23.9 Å². The Morgan fingerprint density at radius 3 is 1.82 bits per heavy atom. The van der Waals surface area contributed by atoms with Gasteiger partial charge in [0.15, 0.2) is 0 Å². The fourth-order valence-electron chi connectivity index (χ4n) is 1.24. The SMILES string of the molecule is O=C([O-])Cc1cc(C(=O)O)ccc1C(=O)O.[CH2-]C(=O)[O-].[Co+2].[Mn]. The van der Waals surface area contributed by atoms with E-state index in [1.54, 1.807) is 0 Å². The largest absolute Gasteiger partial charge is 2.00 e. The number of carboxylic acids is 4. The molecule has 2 N–H and O–H groups in total. The molecular weight excluding hydrogens is 386 g/mol. The maximum atomic E-state index is 10.7. The minimum Gasteiger partial charge on any atom is -0.584 e. The molecule has 1 aromatic carbocycles. The van der Waals surface area contributed by atoms with Gasteiger partial charge in [-0.15, -0.1) is 5.97 Å². The van der Waals surface area contributed by atoms with E-state index in [2.05, 4.69) is 6.92 Å². The third kappa shape index (κ3) is 9.83. The summed E-state index contributed by atoms with van der Waals surface area (Å²) in [7, 11) is 0. The molecular formula is C12H9CoMnO8-. The summed E-state index contributed by atoms with van der Waals surface area (Å²) in [6.45, 7) is 2.44. The van der Waals surface area contributed by atoms with Crippen molar-refractivity contribution in [3.63, 3.8) is 0 Å². The molecule has 8 nitrogen and oxygen atoms in total. The maximum absolute atomic E-state index is 10.7. The van der Waals surface area contributed by atoms with Crippen LogP contribution in [0.25, 0.3) is 0 Å². The first-order valence-corrected chi connectivity index (χ1v) is 4.97. The molecule has 0 saturated heterocycles. The van der Waals surface area contributed by atoms with Crippen LogP contribution in [0.4, 0.5) is 0 Å². The van der Waals surface area contributed by atoms with Crippen LogP contribution in [0.3, 0.4) is 0 Å². The molecule has 0 atom stereocenters. The smallest absolute Gasteiger partial charge is 0.584 e. The quantitative estimate of drug-likeness (QED) is 0.436. The van der Waals surface area contributed by atoms with Crippen molar-refractivity contribution in [3.05, 3.63) is 41.8 Å². The fourth-order valence-corrected chi connectivity index (χ4v) is 1.24. The molecule has 1 aromatic rings. The van der Waals surface area contributed by atoms with Crippen LogP contribution in [0.1, 0.15) is 26.3 Å². The van der Waals surface area contributed by atoms with Gasteiger partial charge in [0.2, 0.25) is 0 Å². The van der Waals surface area contributed by atoms with Gasteiger partial charge in [-0.3, -0.25) is 0 Å². The van der Waals surface area contributed by atoms with Crippen molar-refractivity contribution in [2.45, 2.75) is 6.42 Å². The monoisotopic (exact) mass is 395 g/mol. The topological polar surface area (TPSA) is 155 Å². The Balaban J connectivity index is -0.000000538. The van der Waals surface area contributed by atoms with Crippen LogP contribution in [0.5, 0.6) is 0 Å². The summed E-state index contributed by atoms with van der Waals surface area (Å²) in [5, 5.41) is 36.6. The van der Waals surface area contributed by atoms with Crippen LogP contribution in [-0.4, -0.2) is 34.1 Å². The summed E-state index contributed by atoms with van der Waals surface area (Å²) >= 11 is 0. The van der Waals surface area contributed by atoms with Gasteiger partial charge in [0.1, 0.15) is 0 Å². The molecule has 2 radical (unpaired) electrons. The van der Waals surface area contributed by atoms with E-state index in [0.717, 1.165) is 18.2 Å². The first kappa shape index (κ1) is 25.0. The number of carbonyl (C=O) groups is 4. The Labute approximate surface area is 145 Å². The Kier molecular flexibility index (Phi) is 13.2. The van der Waals surface area contributed by atoms with Gasteiger partial charge in [0.25, 0.3) is 0 Å². The van der Waals surface area contributed by atoms with Gasteiger partial charge < -0.3 is 36.9 Å². The third-order valence-corrected chi connectivity index (χ3v) is 1.92. The number of benzene rings is 1. The number of hydrogen-bond donors (Lipinski definition) is 2. The normalized spacial score (nSPS) is 8.18. The molecule has 0 aliphatic rings. The number of aromatic carboxylic acids is 2. The third-order valence-electron chi connectivity index (χ3n) is 1.92. The van der Waals surface area contributed by atoms with Crippen molar-refractivity contribution in [2.75, 3.05) is 0 Å². The van der Waals surface area contributed by atoms with E-state index >= 15 is 0 Å². The number of aliphatic carboxylic acids is 2. The van der Waals surface area contributed by atoms with E-state index in [9.17, 15) is 19.5 Å². The van der Waals surface area contributed by atoms with Crippen LogP contribution in [0.15, 0.2) is 18.2 Å². The molecule has 0 spiro atoms. The van der Waals surface area contributed by atoms with Crippen molar-refractivity contribution in [1.82, 2.24) is 0 Å². The van der Waals surface area contributed by atoms with Crippen molar-refractivity contribution in [3.8, 4) is 0 Å². The second kappa shape index (κ2) is 11.6. The second-order valence-corrected chi connectivity index (χ2v) is 3.40. The first-order chi connectivity index (χ1) is 9.15. The van der Waals surface area contributed by atoms with Crippen molar-refractivity contribution < 1.29 is 73.5 Å². The molecule has 0 fully saturated rings. The predicted molar refractivity (Wildman–Crippen MR) is 59.4 cm³/mol. The average molecular weight is 395 g/mol.